The Balaban J connectivity index is 2.23. The molecule has 0 amide bonds. The SMILES string of the molecule is CNC(Cc1ccccc1)c1ccc(Cl)cc1C. The average Bonchev–Trinajstić information content (AvgIpc) is 2.38. The third-order valence-corrected chi connectivity index (χ3v) is 3.47. The Morgan fingerprint density at radius 1 is 1.11 bits per heavy atom. The van der Waals surface area contributed by atoms with Crippen LogP contribution in [0.1, 0.15) is 22.7 Å². The topological polar surface area (TPSA) is 12.0 Å². The van der Waals surface area contributed by atoms with Crippen LogP contribution in [0, 0.1) is 6.92 Å². The van der Waals surface area contributed by atoms with Crippen molar-refractivity contribution in [2.45, 2.75) is 19.4 Å². The third kappa shape index (κ3) is 3.12. The van der Waals surface area contributed by atoms with Crippen LogP contribution in [-0.4, -0.2) is 7.05 Å². The Morgan fingerprint density at radius 2 is 1.83 bits per heavy atom. The number of hydrogen-bond donors (Lipinski definition) is 1. The second kappa shape index (κ2) is 6.03. The summed E-state index contributed by atoms with van der Waals surface area (Å²) in [6.45, 7) is 2.11. The maximum atomic E-state index is 6.00. The molecule has 0 aliphatic rings. The molecule has 2 aromatic rings. The summed E-state index contributed by atoms with van der Waals surface area (Å²) < 4.78 is 0. The fourth-order valence-corrected chi connectivity index (χ4v) is 2.47. The molecule has 2 heteroatoms. The normalized spacial score (nSPS) is 12.4. The van der Waals surface area contributed by atoms with Gasteiger partial charge in [-0.2, -0.15) is 0 Å². The molecule has 2 aromatic carbocycles. The number of aryl methyl sites for hydroxylation is 1. The number of rotatable bonds is 4. The molecule has 1 nitrogen and oxygen atoms in total. The monoisotopic (exact) mass is 259 g/mol. The summed E-state index contributed by atoms with van der Waals surface area (Å²) in [5.41, 5.74) is 3.88. The Morgan fingerprint density at radius 3 is 2.44 bits per heavy atom. The van der Waals surface area contributed by atoms with Crippen LogP contribution in [0.5, 0.6) is 0 Å². The first-order valence-corrected chi connectivity index (χ1v) is 6.55. The molecule has 0 saturated carbocycles. The molecular formula is C16H18ClN. The van der Waals surface area contributed by atoms with Crippen LogP contribution in [0.15, 0.2) is 48.5 Å². The van der Waals surface area contributed by atoms with E-state index in [4.69, 9.17) is 11.6 Å². The zero-order valence-corrected chi connectivity index (χ0v) is 11.5. The van der Waals surface area contributed by atoms with Gasteiger partial charge in [0.05, 0.1) is 0 Å². The van der Waals surface area contributed by atoms with E-state index in [0.717, 1.165) is 11.4 Å². The van der Waals surface area contributed by atoms with E-state index in [0.29, 0.717) is 6.04 Å². The molecule has 94 valence electrons. The van der Waals surface area contributed by atoms with Gasteiger partial charge in [0.2, 0.25) is 0 Å². The van der Waals surface area contributed by atoms with Crippen molar-refractivity contribution in [3.63, 3.8) is 0 Å². The van der Waals surface area contributed by atoms with Gasteiger partial charge in [0.1, 0.15) is 0 Å². The average molecular weight is 260 g/mol. The van der Waals surface area contributed by atoms with Crippen LogP contribution >= 0.6 is 11.6 Å². The van der Waals surface area contributed by atoms with E-state index in [1.165, 1.54) is 16.7 Å². The van der Waals surface area contributed by atoms with Gasteiger partial charge in [0.15, 0.2) is 0 Å². The Labute approximate surface area is 114 Å². The number of halogens is 1. The molecule has 0 bridgehead atoms. The molecule has 0 aliphatic carbocycles. The molecule has 18 heavy (non-hydrogen) atoms. The van der Waals surface area contributed by atoms with Gasteiger partial charge in [-0.25, -0.2) is 0 Å². The molecule has 2 rings (SSSR count). The molecule has 0 spiro atoms. The van der Waals surface area contributed by atoms with Crippen molar-refractivity contribution in [1.29, 1.82) is 0 Å². The lowest BCUT2D eigenvalue weighted by Gasteiger charge is -2.19. The highest BCUT2D eigenvalue weighted by molar-refractivity contribution is 6.30. The second-order valence-electron chi connectivity index (χ2n) is 4.53. The second-order valence-corrected chi connectivity index (χ2v) is 4.97. The molecular weight excluding hydrogens is 242 g/mol. The zero-order valence-electron chi connectivity index (χ0n) is 10.8. The molecule has 1 N–H and O–H groups in total. The van der Waals surface area contributed by atoms with Crippen LogP contribution in [0.3, 0.4) is 0 Å². The number of hydrogen-bond acceptors (Lipinski definition) is 1. The standard InChI is InChI=1S/C16H18ClN/c1-12-10-14(17)8-9-15(12)16(18-2)11-13-6-4-3-5-7-13/h3-10,16,18H,11H2,1-2H3. The van der Waals surface area contributed by atoms with Gasteiger partial charge < -0.3 is 5.32 Å². The quantitative estimate of drug-likeness (QED) is 0.870. The molecule has 1 atom stereocenters. The van der Waals surface area contributed by atoms with E-state index in [9.17, 15) is 0 Å². The van der Waals surface area contributed by atoms with Crippen molar-refractivity contribution >= 4 is 11.6 Å². The number of likely N-dealkylation sites (N-methyl/N-ethyl adjacent to an activating group) is 1. The van der Waals surface area contributed by atoms with Crippen molar-refractivity contribution in [3.8, 4) is 0 Å². The molecule has 1 unspecified atom stereocenters. The predicted molar refractivity (Wildman–Crippen MR) is 78.1 cm³/mol. The molecule has 0 saturated heterocycles. The highest BCUT2D eigenvalue weighted by Gasteiger charge is 2.12. The van der Waals surface area contributed by atoms with Crippen molar-refractivity contribution in [3.05, 3.63) is 70.2 Å². The maximum absolute atomic E-state index is 6.00. The van der Waals surface area contributed by atoms with Gasteiger partial charge >= 0.3 is 0 Å². The van der Waals surface area contributed by atoms with E-state index in [1.54, 1.807) is 0 Å². The molecule has 0 fully saturated rings. The van der Waals surface area contributed by atoms with Crippen molar-refractivity contribution in [2.24, 2.45) is 0 Å². The number of nitrogens with one attached hydrogen (secondary N) is 1. The number of benzene rings is 2. The highest BCUT2D eigenvalue weighted by atomic mass is 35.5. The maximum Gasteiger partial charge on any atom is 0.0408 e. The lowest BCUT2D eigenvalue weighted by atomic mass is 9.95. The van der Waals surface area contributed by atoms with E-state index in [1.807, 2.05) is 25.2 Å². The minimum atomic E-state index is 0.324. The summed E-state index contributed by atoms with van der Waals surface area (Å²) >= 11 is 6.00. The first-order valence-electron chi connectivity index (χ1n) is 6.18. The highest BCUT2D eigenvalue weighted by Crippen LogP contribution is 2.24. The first kappa shape index (κ1) is 13.1. The van der Waals surface area contributed by atoms with Crippen molar-refractivity contribution in [2.75, 3.05) is 7.05 Å². The molecule has 0 heterocycles. The first-order chi connectivity index (χ1) is 8.70. The fourth-order valence-electron chi connectivity index (χ4n) is 2.25. The summed E-state index contributed by atoms with van der Waals surface area (Å²) in [7, 11) is 2.00. The minimum absolute atomic E-state index is 0.324. The Hall–Kier alpha value is -1.31. The smallest absolute Gasteiger partial charge is 0.0408 e. The molecule has 0 radical (unpaired) electrons. The largest absolute Gasteiger partial charge is 0.313 e. The summed E-state index contributed by atoms with van der Waals surface area (Å²) in [6, 6.07) is 16.9. The lowest BCUT2D eigenvalue weighted by molar-refractivity contribution is 0.589. The van der Waals surface area contributed by atoms with Gasteiger partial charge in [-0.1, -0.05) is 48.0 Å². The van der Waals surface area contributed by atoms with E-state index < -0.39 is 0 Å². The molecule has 0 aromatic heterocycles. The third-order valence-electron chi connectivity index (χ3n) is 3.24. The lowest BCUT2D eigenvalue weighted by Crippen LogP contribution is -2.19. The zero-order chi connectivity index (χ0) is 13.0. The van der Waals surface area contributed by atoms with E-state index in [2.05, 4.69) is 42.6 Å². The molecule has 0 aliphatic heterocycles. The van der Waals surface area contributed by atoms with Crippen LogP contribution in [0.25, 0.3) is 0 Å². The summed E-state index contributed by atoms with van der Waals surface area (Å²) in [5, 5.41) is 4.18. The van der Waals surface area contributed by atoms with Gasteiger partial charge in [-0.15, -0.1) is 0 Å². The summed E-state index contributed by atoms with van der Waals surface area (Å²) in [4.78, 5) is 0. The summed E-state index contributed by atoms with van der Waals surface area (Å²) in [6.07, 6.45) is 0.986. The van der Waals surface area contributed by atoms with Crippen LogP contribution < -0.4 is 5.32 Å². The van der Waals surface area contributed by atoms with Crippen molar-refractivity contribution in [1.82, 2.24) is 5.32 Å². The van der Waals surface area contributed by atoms with Gasteiger partial charge in [-0.3, -0.25) is 0 Å². The van der Waals surface area contributed by atoms with Crippen LogP contribution in [0.2, 0.25) is 5.02 Å². The van der Waals surface area contributed by atoms with Gasteiger partial charge in [-0.05, 0) is 49.2 Å². The van der Waals surface area contributed by atoms with E-state index in [-0.39, 0.29) is 0 Å². The summed E-state index contributed by atoms with van der Waals surface area (Å²) in [5.74, 6) is 0. The van der Waals surface area contributed by atoms with E-state index >= 15 is 0 Å². The van der Waals surface area contributed by atoms with Gasteiger partial charge in [0, 0.05) is 11.1 Å². The minimum Gasteiger partial charge on any atom is -0.313 e. The van der Waals surface area contributed by atoms with Crippen LogP contribution in [-0.2, 0) is 6.42 Å². The predicted octanol–water partition coefficient (Wildman–Crippen LogP) is 4.15. The van der Waals surface area contributed by atoms with Gasteiger partial charge in [0.25, 0.3) is 0 Å². The Bertz CT molecular complexity index is 508. The fraction of sp³-hybridized carbons (Fsp3) is 0.250. The van der Waals surface area contributed by atoms with Crippen LogP contribution in [0.4, 0.5) is 0 Å². The van der Waals surface area contributed by atoms with Crippen molar-refractivity contribution < 1.29 is 0 Å². The Kier molecular flexibility index (Phi) is 4.40.